The van der Waals surface area contributed by atoms with Gasteiger partial charge in [-0.3, -0.25) is 14.4 Å². The number of nitrogens with zero attached hydrogens (tertiary/aromatic N) is 3. The summed E-state index contributed by atoms with van der Waals surface area (Å²) in [5.41, 5.74) is 1.41. The van der Waals surface area contributed by atoms with Crippen molar-refractivity contribution in [1.29, 1.82) is 0 Å². The van der Waals surface area contributed by atoms with Gasteiger partial charge in [-0.15, -0.1) is 0 Å². The highest BCUT2D eigenvalue weighted by molar-refractivity contribution is 6.06. The molecule has 2 heterocycles. The third kappa shape index (κ3) is 3.77. The number of aromatic nitrogens is 2. The van der Waals surface area contributed by atoms with E-state index in [1.807, 2.05) is 24.3 Å². The topological polar surface area (TPSA) is 84.3 Å². The average molecular weight is 392 g/mol. The van der Waals surface area contributed by atoms with Gasteiger partial charge in [-0.05, 0) is 36.2 Å². The molecule has 2 aromatic carbocycles. The van der Waals surface area contributed by atoms with E-state index in [0.717, 1.165) is 22.4 Å². The first-order valence-electron chi connectivity index (χ1n) is 9.05. The Bertz CT molecular complexity index is 1160. The number of para-hydroxylation sites is 2. The number of fused-ring (bicyclic) bond motifs is 1. The highest BCUT2D eigenvalue weighted by Crippen LogP contribution is 2.28. The van der Waals surface area contributed by atoms with E-state index < -0.39 is 23.8 Å². The third-order valence-electron chi connectivity index (χ3n) is 4.66. The zero-order valence-electron chi connectivity index (χ0n) is 15.3. The van der Waals surface area contributed by atoms with Crippen LogP contribution in [0.3, 0.4) is 0 Å². The highest BCUT2D eigenvalue weighted by Gasteiger charge is 2.26. The van der Waals surface area contributed by atoms with E-state index in [1.54, 1.807) is 11.0 Å². The minimum absolute atomic E-state index is 0.00598. The predicted molar refractivity (Wildman–Crippen MR) is 105 cm³/mol. The quantitative estimate of drug-likeness (QED) is 0.738. The number of carbonyl (C=O) groups is 2. The fraction of sp³-hybridized carbons (Fsp3) is 0.143. The zero-order chi connectivity index (χ0) is 20.4. The molecule has 1 aromatic heterocycles. The van der Waals surface area contributed by atoms with Crippen molar-refractivity contribution in [2.24, 2.45) is 0 Å². The van der Waals surface area contributed by atoms with Crippen LogP contribution in [-0.2, 0) is 17.8 Å². The first kappa shape index (κ1) is 18.5. The summed E-state index contributed by atoms with van der Waals surface area (Å²) in [5, 5.41) is 6.45. The van der Waals surface area contributed by atoms with Crippen LogP contribution in [0.5, 0.6) is 0 Å². The molecule has 0 atom stereocenters. The number of amides is 2. The zero-order valence-corrected chi connectivity index (χ0v) is 15.3. The minimum atomic E-state index is -0.624. The Kier molecular flexibility index (Phi) is 4.90. The number of rotatable bonds is 4. The SMILES string of the molecule is O=C(Cn1nc(C(=O)N2CCc3ccccc32)ccc1=O)Nc1ccccc1F. The summed E-state index contributed by atoms with van der Waals surface area (Å²) in [6.45, 7) is 0.0810. The number of hydrogen-bond acceptors (Lipinski definition) is 4. The molecule has 0 unspecified atom stereocenters. The number of nitrogens with one attached hydrogen (secondary N) is 1. The summed E-state index contributed by atoms with van der Waals surface area (Å²) in [7, 11) is 0. The van der Waals surface area contributed by atoms with Gasteiger partial charge in [0.25, 0.3) is 11.5 Å². The molecule has 0 bridgehead atoms. The fourth-order valence-corrected chi connectivity index (χ4v) is 3.25. The second kappa shape index (κ2) is 7.67. The van der Waals surface area contributed by atoms with Crippen molar-refractivity contribution in [2.45, 2.75) is 13.0 Å². The van der Waals surface area contributed by atoms with Crippen molar-refractivity contribution in [1.82, 2.24) is 9.78 Å². The molecule has 8 heteroatoms. The van der Waals surface area contributed by atoms with Crippen LogP contribution in [0.4, 0.5) is 15.8 Å². The maximum Gasteiger partial charge on any atom is 0.278 e. The molecule has 1 aliphatic heterocycles. The van der Waals surface area contributed by atoms with E-state index >= 15 is 0 Å². The van der Waals surface area contributed by atoms with Crippen molar-refractivity contribution in [2.75, 3.05) is 16.8 Å². The van der Waals surface area contributed by atoms with Gasteiger partial charge < -0.3 is 10.2 Å². The number of anilines is 2. The smallest absolute Gasteiger partial charge is 0.278 e. The van der Waals surface area contributed by atoms with Crippen LogP contribution < -0.4 is 15.8 Å². The van der Waals surface area contributed by atoms with Gasteiger partial charge in [0, 0.05) is 18.3 Å². The van der Waals surface area contributed by atoms with Crippen LogP contribution in [-0.4, -0.2) is 28.1 Å². The van der Waals surface area contributed by atoms with E-state index in [1.165, 1.54) is 30.3 Å². The lowest BCUT2D eigenvalue weighted by Gasteiger charge is -2.17. The number of benzene rings is 2. The molecular weight excluding hydrogens is 375 g/mol. The Hall–Kier alpha value is -3.81. The van der Waals surface area contributed by atoms with Gasteiger partial charge in [0.05, 0.1) is 5.69 Å². The molecule has 0 spiro atoms. The molecule has 4 rings (SSSR count). The summed E-state index contributed by atoms with van der Waals surface area (Å²) < 4.78 is 14.6. The van der Waals surface area contributed by atoms with Crippen molar-refractivity contribution >= 4 is 23.2 Å². The molecular formula is C21H17FN4O3. The Morgan fingerprint density at radius 1 is 1.03 bits per heavy atom. The van der Waals surface area contributed by atoms with Gasteiger partial charge in [0.2, 0.25) is 5.91 Å². The molecule has 1 N–H and O–H groups in total. The molecule has 1 aliphatic rings. The van der Waals surface area contributed by atoms with Crippen LogP contribution in [0.25, 0.3) is 0 Å². The summed E-state index contributed by atoms with van der Waals surface area (Å²) in [4.78, 5) is 38.8. The first-order valence-corrected chi connectivity index (χ1v) is 9.05. The number of carbonyl (C=O) groups excluding carboxylic acids is 2. The van der Waals surface area contributed by atoms with Gasteiger partial charge in [-0.1, -0.05) is 30.3 Å². The molecule has 0 saturated carbocycles. The lowest BCUT2D eigenvalue weighted by molar-refractivity contribution is -0.117. The van der Waals surface area contributed by atoms with Gasteiger partial charge in [-0.25, -0.2) is 9.07 Å². The standard InChI is InChI=1S/C21H17FN4O3/c22-15-6-2-3-7-16(15)23-19(27)13-26-20(28)10-9-17(24-26)21(29)25-12-11-14-5-1-4-8-18(14)25/h1-10H,11-13H2,(H,23,27). The first-order chi connectivity index (χ1) is 14.0. The van der Waals surface area contributed by atoms with Gasteiger partial charge >= 0.3 is 0 Å². The molecule has 0 fully saturated rings. The van der Waals surface area contributed by atoms with E-state index in [0.29, 0.717) is 6.54 Å². The third-order valence-corrected chi connectivity index (χ3v) is 4.66. The van der Waals surface area contributed by atoms with Crippen LogP contribution in [0.1, 0.15) is 16.1 Å². The monoisotopic (exact) mass is 392 g/mol. The fourth-order valence-electron chi connectivity index (χ4n) is 3.25. The summed E-state index contributed by atoms with van der Waals surface area (Å²) in [6.07, 6.45) is 0.743. The van der Waals surface area contributed by atoms with Crippen molar-refractivity contribution in [3.63, 3.8) is 0 Å². The molecule has 7 nitrogen and oxygen atoms in total. The van der Waals surface area contributed by atoms with Crippen molar-refractivity contribution in [3.8, 4) is 0 Å². The van der Waals surface area contributed by atoms with Crippen LogP contribution >= 0.6 is 0 Å². The molecule has 29 heavy (non-hydrogen) atoms. The summed E-state index contributed by atoms with van der Waals surface area (Å²) >= 11 is 0. The minimum Gasteiger partial charge on any atom is -0.322 e. The Morgan fingerprint density at radius 2 is 1.79 bits per heavy atom. The average Bonchev–Trinajstić information content (AvgIpc) is 3.15. The van der Waals surface area contributed by atoms with E-state index in [9.17, 15) is 18.8 Å². The van der Waals surface area contributed by atoms with E-state index in [2.05, 4.69) is 10.4 Å². The maximum absolute atomic E-state index is 13.7. The summed E-state index contributed by atoms with van der Waals surface area (Å²) in [6, 6.07) is 15.8. The van der Waals surface area contributed by atoms with Gasteiger partial charge in [-0.2, -0.15) is 5.10 Å². The van der Waals surface area contributed by atoms with Gasteiger partial charge in [0.1, 0.15) is 18.1 Å². The Balaban J connectivity index is 1.54. The van der Waals surface area contributed by atoms with Crippen molar-refractivity contribution in [3.05, 3.63) is 88.1 Å². The number of halogens is 1. The molecule has 0 aliphatic carbocycles. The summed E-state index contributed by atoms with van der Waals surface area (Å²) in [5.74, 6) is -1.56. The largest absolute Gasteiger partial charge is 0.322 e. The molecule has 3 aromatic rings. The van der Waals surface area contributed by atoms with Gasteiger partial charge in [0.15, 0.2) is 0 Å². The van der Waals surface area contributed by atoms with E-state index in [4.69, 9.17) is 0 Å². The Morgan fingerprint density at radius 3 is 2.62 bits per heavy atom. The lowest BCUT2D eigenvalue weighted by atomic mass is 10.2. The van der Waals surface area contributed by atoms with Crippen LogP contribution in [0.2, 0.25) is 0 Å². The van der Waals surface area contributed by atoms with Crippen LogP contribution in [0, 0.1) is 5.82 Å². The van der Waals surface area contributed by atoms with E-state index in [-0.39, 0.29) is 17.3 Å². The second-order valence-corrected chi connectivity index (χ2v) is 6.58. The van der Waals surface area contributed by atoms with Crippen molar-refractivity contribution < 1.29 is 14.0 Å². The normalized spacial score (nSPS) is 12.5. The Labute approximate surface area is 165 Å². The number of hydrogen-bond donors (Lipinski definition) is 1. The highest BCUT2D eigenvalue weighted by atomic mass is 19.1. The predicted octanol–water partition coefficient (Wildman–Crippen LogP) is 2.22. The lowest BCUT2D eigenvalue weighted by Crippen LogP contribution is -2.34. The molecule has 0 saturated heterocycles. The molecule has 0 radical (unpaired) electrons. The second-order valence-electron chi connectivity index (χ2n) is 6.58. The van der Waals surface area contributed by atoms with Crippen LogP contribution in [0.15, 0.2) is 65.5 Å². The maximum atomic E-state index is 13.7. The molecule has 2 amide bonds. The molecule has 146 valence electrons.